The van der Waals surface area contributed by atoms with Gasteiger partial charge >= 0.3 is 5.97 Å². The van der Waals surface area contributed by atoms with Gasteiger partial charge < -0.3 is 14.2 Å². The van der Waals surface area contributed by atoms with Crippen molar-refractivity contribution in [3.63, 3.8) is 0 Å². The number of para-hydroxylation sites is 1. The minimum atomic E-state index is -0.523. The lowest BCUT2D eigenvalue weighted by atomic mass is 10.1. The normalized spacial score (nSPS) is 11.0. The molecule has 3 aromatic rings. The first-order valence-electron chi connectivity index (χ1n) is 8.64. The van der Waals surface area contributed by atoms with Crippen LogP contribution in [0.15, 0.2) is 73.3 Å². The zero-order valence-corrected chi connectivity index (χ0v) is 15.7. The van der Waals surface area contributed by atoms with E-state index in [2.05, 4.69) is 9.97 Å². The summed E-state index contributed by atoms with van der Waals surface area (Å²) in [6.45, 7) is 0. The zero-order valence-electron chi connectivity index (χ0n) is 15.7. The van der Waals surface area contributed by atoms with E-state index in [9.17, 15) is 4.79 Å². The third-order valence-corrected chi connectivity index (χ3v) is 3.96. The first-order valence-corrected chi connectivity index (χ1v) is 8.64. The predicted octanol–water partition coefficient (Wildman–Crippen LogP) is 4.02. The molecule has 0 aliphatic heterocycles. The van der Waals surface area contributed by atoms with E-state index < -0.39 is 5.97 Å². The third-order valence-electron chi connectivity index (χ3n) is 3.96. The van der Waals surface area contributed by atoms with Gasteiger partial charge in [0.05, 0.1) is 26.2 Å². The molecule has 0 radical (unpaired) electrons. The van der Waals surface area contributed by atoms with Crippen LogP contribution in [0, 0.1) is 0 Å². The number of carbonyl (C=O) groups excluding carboxylic acids is 1. The Morgan fingerprint density at radius 2 is 1.75 bits per heavy atom. The van der Waals surface area contributed by atoms with Crippen LogP contribution in [0.1, 0.15) is 16.8 Å². The van der Waals surface area contributed by atoms with E-state index in [0.717, 1.165) is 11.3 Å². The number of carbonyl (C=O) groups is 1. The van der Waals surface area contributed by atoms with E-state index in [1.807, 2.05) is 36.4 Å². The van der Waals surface area contributed by atoms with Crippen LogP contribution in [0.25, 0.3) is 5.57 Å². The fourth-order valence-electron chi connectivity index (χ4n) is 2.67. The summed E-state index contributed by atoms with van der Waals surface area (Å²) in [5, 5.41) is 0. The molecule has 28 heavy (non-hydrogen) atoms. The molecule has 0 unspecified atom stereocenters. The van der Waals surface area contributed by atoms with E-state index >= 15 is 0 Å². The van der Waals surface area contributed by atoms with Gasteiger partial charge in [0, 0.05) is 18.1 Å². The van der Waals surface area contributed by atoms with Crippen LogP contribution in [-0.2, 0) is 20.7 Å². The summed E-state index contributed by atoms with van der Waals surface area (Å²) in [5.74, 6) is 0.320. The largest absolute Gasteiger partial charge is 0.503 e. The number of hydrogen-bond acceptors (Lipinski definition) is 6. The highest BCUT2D eigenvalue weighted by Crippen LogP contribution is 2.30. The lowest BCUT2D eigenvalue weighted by Gasteiger charge is -2.12. The highest BCUT2D eigenvalue weighted by Gasteiger charge is 2.18. The second-order valence-corrected chi connectivity index (χ2v) is 5.87. The minimum absolute atomic E-state index is 0.249. The molecule has 0 saturated carbocycles. The monoisotopic (exact) mass is 376 g/mol. The summed E-state index contributed by atoms with van der Waals surface area (Å²) in [7, 11) is 2.78. The van der Waals surface area contributed by atoms with Crippen LogP contribution in [-0.4, -0.2) is 30.2 Å². The molecule has 3 rings (SSSR count). The van der Waals surface area contributed by atoms with Crippen molar-refractivity contribution in [1.29, 1.82) is 0 Å². The van der Waals surface area contributed by atoms with Gasteiger partial charge in [0.1, 0.15) is 17.6 Å². The molecule has 1 aromatic heterocycles. The quantitative estimate of drug-likeness (QED) is 0.352. The number of methoxy groups -OCH3 is 2. The van der Waals surface area contributed by atoms with Crippen molar-refractivity contribution in [3.8, 4) is 11.6 Å². The molecule has 2 aromatic carbocycles. The lowest BCUT2D eigenvalue weighted by molar-refractivity contribution is -0.133. The summed E-state index contributed by atoms with van der Waals surface area (Å²) in [5.41, 5.74) is 2.76. The number of rotatable bonds is 7. The van der Waals surface area contributed by atoms with Gasteiger partial charge in [-0.25, -0.2) is 14.8 Å². The SMILES string of the molecule is COC=C(C(=O)OC)c1ccccc1Oc1cc(Cc2ccccc2)ncn1. The topological polar surface area (TPSA) is 70.5 Å². The van der Waals surface area contributed by atoms with Gasteiger partial charge in [0.25, 0.3) is 0 Å². The number of aromatic nitrogens is 2. The molecule has 0 aliphatic carbocycles. The van der Waals surface area contributed by atoms with Gasteiger partial charge in [0.2, 0.25) is 5.88 Å². The maximum atomic E-state index is 12.1. The Hall–Kier alpha value is -3.67. The Bertz CT molecular complexity index is 971. The lowest BCUT2D eigenvalue weighted by Crippen LogP contribution is -2.06. The Balaban J connectivity index is 1.87. The average molecular weight is 376 g/mol. The molecule has 0 fully saturated rings. The van der Waals surface area contributed by atoms with Crippen molar-refractivity contribution in [2.45, 2.75) is 6.42 Å². The van der Waals surface area contributed by atoms with E-state index in [0.29, 0.717) is 23.6 Å². The Morgan fingerprint density at radius 3 is 2.50 bits per heavy atom. The Labute approximate surface area is 163 Å². The van der Waals surface area contributed by atoms with Gasteiger partial charge in [-0.3, -0.25) is 0 Å². The van der Waals surface area contributed by atoms with Crippen molar-refractivity contribution >= 4 is 11.5 Å². The number of hydrogen-bond donors (Lipinski definition) is 0. The number of ether oxygens (including phenoxy) is 3. The van der Waals surface area contributed by atoms with Crippen molar-refractivity contribution < 1.29 is 19.0 Å². The smallest absolute Gasteiger partial charge is 0.341 e. The summed E-state index contributed by atoms with van der Waals surface area (Å²) in [6.07, 6.45) is 3.45. The van der Waals surface area contributed by atoms with Crippen LogP contribution >= 0.6 is 0 Å². The van der Waals surface area contributed by atoms with Crippen LogP contribution in [0.5, 0.6) is 11.6 Å². The number of nitrogens with zero attached hydrogens (tertiary/aromatic N) is 2. The average Bonchev–Trinajstić information content (AvgIpc) is 2.73. The fraction of sp³-hybridized carbons (Fsp3) is 0.136. The highest BCUT2D eigenvalue weighted by molar-refractivity contribution is 6.17. The molecule has 0 bridgehead atoms. The molecule has 142 valence electrons. The molecule has 0 spiro atoms. The van der Waals surface area contributed by atoms with Crippen molar-refractivity contribution in [2.75, 3.05) is 14.2 Å². The maximum Gasteiger partial charge on any atom is 0.341 e. The van der Waals surface area contributed by atoms with E-state index in [4.69, 9.17) is 14.2 Å². The van der Waals surface area contributed by atoms with Crippen LogP contribution in [0.2, 0.25) is 0 Å². The summed E-state index contributed by atoms with van der Waals surface area (Å²) in [4.78, 5) is 20.6. The van der Waals surface area contributed by atoms with Gasteiger partial charge in [-0.15, -0.1) is 0 Å². The molecule has 1 heterocycles. The van der Waals surface area contributed by atoms with Crippen LogP contribution in [0.3, 0.4) is 0 Å². The summed E-state index contributed by atoms with van der Waals surface area (Å²) >= 11 is 0. The van der Waals surface area contributed by atoms with Gasteiger partial charge in [-0.2, -0.15) is 0 Å². The molecule has 0 amide bonds. The van der Waals surface area contributed by atoms with Crippen LogP contribution in [0.4, 0.5) is 0 Å². The van der Waals surface area contributed by atoms with E-state index in [1.54, 1.807) is 24.3 Å². The zero-order chi connectivity index (χ0) is 19.8. The van der Waals surface area contributed by atoms with Gasteiger partial charge in [0.15, 0.2) is 0 Å². The summed E-state index contributed by atoms with van der Waals surface area (Å²) < 4.78 is 15.8. The Morgan fingerprint density at radius 1 is 1.00 bits per heavy atom. The number of esters is 1. The molecule has 0 saturated heterocycles. The highest BCUT2D eigenvalue weighted by atomic mass is 16.5. The van der Waals surface area contributed by atoms with Gasteiger partial charge in [-0.1, -0.05) is 48.5 Å². The molecule has 6 nitrogen and oxygen atoms in total. The first-order chi connectivity index (χ1) is 13.7. The molecule has 0 N–H and O–H groups in total. The molecule has 6 heteroatoms. The maximum absolute atomic E-state index is 12.1. The van der Waals surface area contributed by atoms with Crippen LogP contribution < -0.4 is 4.74 Å². The number of benzene rings is 2. The van der Waals surface area contributed by atoms with Gasteiger partial charge in [-0.05, 0) is 11.6 Å². The second kappa shape index (κ2) is 9.32. The standard InChI is InChI=1S/C22H20N2O4/c1-26-14-19(22(25)27-2)18-10-6-7-11-20(18)28-21-13-17(23-15-24-21)12-16-8-4-3-5-9-16/h3-11,13-15H,12H2,1-2H3. The predicted molar refractivity (Wildman–Crippen MR) is 105 cm³/mol. The Kier molecular flexibility index (Phi) is 6.36. The molecular formula is C22H20N2O4. The van der Waals surface area contributed by atoms with E-state index in [1.165, 1.54) is 26.8 Å². The second-order valence-electron chi connectivity index (χ2n) is 5.87. The van der Waals surface area contributed by atoms with E-state index in [-0.39, 0.29) is 5.57 Å². The third kappa shape index (κ3) is 4.73. The van der Waals surface area contributed by atoms with Crippen molar-refractivity contribution in [3.05, 3.63) is 90.1 Å². The molecule has 0 aliphatic rings. The summed E-state index contributed by atoms with van der Waals surface area (Å²) in [6, 6.07) is 18.9. The fourth-order valence-corrected chi connectivity index (χ4v) is 2.67. The first kappa shape index (κ1) is 19.1. The van der Waals surface area contributed by atoms with Crippen molar-refractivity contribution in [1.82, 2.24) is 9.97 Å². The molecular weight excluding hydrogens is 356 g/mol. The minimum Gasteiger partial charge on any atom is -0.503 e. The molecule has 0 atom stereocenters. The van der Waals surface area contributed by atoms with Crippen molar-refractivity contribution in [2.24, 2.45) is 0 Å².